The second-order valence-corrected chi connectivity index (χ2v) is 4.83. The van der Waals surface area contributed by atoms with Crippen LogP contribution in [0.3, 0.4) is 0 Å². The van der Waals surface area contributed by atoms with Crippen LogP contribution in [0, 0.1) is 0 Å². The molecule has 15 heavy (non-hydrogen) atoms. The zero-order chi connectivity index (χ0) is 11.1. The van der Waals surface area contributed by atoms with Crippen molar-refractivity contribution in [2.75, 3.05) is 6.54 Å². The summed E-state index contributed by atoms with van der Waals surface area (Å²) >= 11 is 0. The predicted octanol–water partition coefficient (Wildman–Crippen LogP) is 3.40. The highest BCUT2D eigenvalue weighted by Crippen LogP contribution is 2.12. The van der Waals surface area contributed by atoms with Crippen LogP contribution in [0.1, 0.15) is 39.2 Å². The first kappa shape index (κ1) is 12.3. The van der Waals surface area contributed by atoms with E-state index in [0.29, 0.717) is 0 Å². The van der Waals surface area contributed by atoms with Crippen LogP contribution in [0.15, 0.2) is 30.3 Å². The van der Waals surface area contributed by atoms with Crippen LogP contribution < -0.4 is 5.32 Å². The predicted molar refractivity (Wildman–Crippen MR) is 67.1 cm³/mol. The zero-order valence-corrected chi connectivity index (χ0v) is 10.2. The molecule has 1 heteroatoms. The van der Waals surface area contributed by atoms with Crippen molar-refractivity contribution < 1.29 is 0 Å². The lowest BCUT2D eigenvalue weighted by molar-refractivity contribution is 0.383. The topological polar surface area (TPSA) is 12.0 Å². The smallest absolute Gasteiger partial charge is 0.0165 e. The van der Waals surface area contributed by atoms with Crippen molar-refractivity contribution in [3.8, 4) is 0 Å². The number of nitrogens with one attached hydrogen (secondary N) is 1. The summed E-state index contributed by atoms with van der Waals surface area (Å²) in [6.07, 6.45) is 3.62. The minimum atomic E-state index is 0.205. The van der Waals surface area contributed by atoms with Gasteiger partial charge in [0.2, 0.25) is 0 Å². The van der Waals surface area contributed by atoms with E-state index in [2.05, 4.69) is 56.4 Å². The van der Waals surface area contributed by atoms with Crippen LogP contribution in [0.5, 0.6) is 0 Å². The van der Waals surface area contributed by atoms with E-state index in [1.54, 1.807) is 0 Å². The van der Waals surface area contributed by atoms with Crippen molar-refractivity contribution in [3.05, 3.63) is 35.9 Å². The van der Waals surface area contributed by atoms with Crippen LogP contribution in [0.4, 0.5) is 0 Å². The van der Waals surface area contributed by atoms with Crippen LogP contribution in [0.2, 0.25) is 0 Å². The fourth-order valence-electron chi connectivity index (χ4n) is 1.77. The van der Waals surface area contributed by atoms with E-state index in [-0.39, 0.29) is 5.54 Å². The summed E-state index contributed by atoms with van der Waals surface area (Å²) in [7, 11) is 0. The molecule has 1 aromatic rings. The molecule has 1 N–H and O–H groups in total. The Morgan fingerprint density at radius 3 is 2.40 bits per heavy atom. The Morgan fingerprint density at radius 2 is 1.80 bits per heavy atom. The highest BCUT2D eigenvalue weighted by Gasteiger charge is 2.16. The van der Waals surface area contributed by atoms with Crippen LogP contribution in [-0.4, -0.2) is 12.1 Å². The highest BCUT2D eigenvalue weighted by molar-refractivity contribution is 5.17. The molecule has 0 aliphatic rings. The van der Waals surface area contributed by atoms with Gasteiger partial charge in [-0.2, -0.15) is 0 Å². The van der Waals surface area contributed by atoms with Gasteiger partial charge in [0.1, 0.15) is 0 Å². The van der Waals surface area contributed by atoms with E-state index in [9.17, 15) is 0 Å². The number of benzene rings is 1. The number of unbranched alkanes of at least 4 members (excludes halogenated alkanes) is 1. The molecule has 0 spiro atoms. The number of hydrogen-bond donors (Lipinski definition) is 1. The summed E-state index contributed by atoms with van der Waals surface area (Å²) in [6, 6.07) is 10.7. The van der Waals surface area contributed by atoms with Gasteiger partial charge in [0, 0.05) is 5.54 Å². The summed E-state index contributed by atoms with van der Waals surface area (Å²) in [6.45, 7) is 7.90. The molecule has 0 unspecified atom stereocenters. The van der Waals surface area contributed by atoms with Crippen molar-refractivity contribution >= 4 is 0 Å². The quantitative estimate of drug-likeness (QED) is 0.702. The summed E-state index contributed by atoms with van der Waals surface area (Å²) in [5.41, 5.74) is 1.61. The van der Waals surface area contributed by atoms with E-state index >= 15 is 0 Å². The molecular formula is C14H23N. The third kappa shape index (κ3) is 4.98. The Labute approximate surface area is 93.9 Å². The van der Waals surface area contributed by atoms with Crippen molar-refractivity contribution in [1.29, 1.82) is 0 Å². The van der Waals surface area contributed by atoms with E-state index in [1.165, 1.54) is 18.4 Å². The Kier molecular flexibility index (Phi) is 4.83. The maximum atomic E-state index is 3.61. The highest BCUT2D eigenvalue weighted by atomic mass is 14.9. The van der Waals surface area contributed by atoms with Crippen molar-refractivity contribution in [2.45, 2.75) is 45.6 Å². The molecule has 0 bridgehead atoms. The van der Waals surface area contributed by atoms with Crippen molar-refractivity contribution in [3.63, 3.8) is 0 Å². The molecule has 0 amide bonds. The summed E-state index contributed by atoms with van der Waals surface area (Å²) < 4.78 is 0. The molecule has 0 atom stereocenters. The Bertz CT molecular complexity index is 264. The van der Waals surface area contributed by atoms with E-state index in [0.717, 1.165) is 13.0 Å². The monoisotopic (exact) mass is 205 g/mol. The van der Waals surface area contributed by atoms with Gasteiger partial charge in [-0.15, -0.1) is 0 Å². The van der Waals surface area contributed by atoms with E-state index in [1.807, 2.05) is 0 Å². The summed E-state index contributed by atoms with van der Waals surface area (Å²) in [5.74, 6) is 0. The Hall–Kier alpha value is -0.820. The number of hydrogen-bond acceptors (Lipinski definition) is 1. The largest absolute Gasteiger partial charge is 0.311 e. The van der Waals surface area contributed by atoms with Crippen LogP contribution in [0.25, 0.3) is 0 Å². The van der Waals surface area contributed by atoms with Gasteiger partial charge in [0.25, 0.3) is 0 Å². The average molecular weight is 205 g/mol. The lowest BCUT2D eigenvalue weighted by Crippen LogP contribution is -2.41. The van der Waals surface area contributed by atoms with Gasteiger partial charge < -0.3 is 5.32 Å². The standard InChI is InChI=1S/C14H23N/c1-4-5-11-15-14(2,3)12-13-9-7-6-8-10-13/h6-10,15H,4-5,11-12H2,1-3H3. The summed E-state index contributed by atoms with van der Waals surface area (Å²) in [5, 5.41) is 3.61. The SMILES string of the molecule is CCCCNC(C)(C)Cc1ccccc1. The molecule has 84 valence electrons. The average Bonchev–Trinajstić information content (AvgIpc) is 2.18. The lowest BCUT2D eigenvalue weighted by atomic mass is 9.95. The zero-order valence-electron chi connectivity index (χ0n) is 10.2. The molecule has 1 rings (SSSR count). The Balaban J connectivity index is 2.42. The molecule has 0 saturated carbocycles. The summed E-state index contributed by atoms with van der Waals surface area (Å²) in [4.78, 5) is 0. The molecule has 0 aliphatic carbocycles. The van der Waals surface area contributed by atoms with E-state index in [4.69, 9.17) is 0 Å². The molecular weight excluding hydrogens is 182 g/mol. The van der Waals surface area contributed by atoms with Crippen molar-refractivity contribution in [1.82, 2.24) is 5.32 Å². The molecule has 0 aliphatic heterocycles. The first-order valence-corrected chi connectivity index (χ1v) is 5.93. The fraction of sp³-hybridized carbons (Fsp3) is 0.571. The maximum Gasteiger partial charge on any atom is 0.0165 e. The molecule has 0 aromatic heterocycles. The third-order valence-electron chi connectivity index (χ3n) is 2.62. The Morgan fingerprint density at radius 1 is 1.13 bits per heavy atom. The molecule has 0 saturated heterocycles. The lowest BCUT2D eigenvalue weighted by Gasteiger charge is -2.26. The van der Waals surface area contributed by atoms with Crippen molar-refractivity contribution in [2.24, 2.45) is 0 Å². The molecule has 0 heterocycles. The second kappa shape index (κ2) is 5.92. The van der Waals surface area contributed by atoms with Crippen LogP contribution in [-0.2, 0) is 6.42 Å². The van der Waals surface area contributed by atoms with Gasteiger partial charge in [-0.3, -0.25) is 0 Å². The molecule has 0 fully saturated rings. The normalized spacial score (nSPS) is 11.7. The van der Waals surface area contributed by atoms with Gasteiger partial charge in [0.15, 0.2) is 0 Å². The van der Waals surface area contributed by atoms with Gasteiger partial charge in [-0.1, -0.05) is 43.7 Å². The second-order valence-electron chi connectivity index (χ2n) is 4.83. The van der Waals surface area contributed by atoms with Gasteiger partial charge >= 0.3 is 0 Å². The van der Waals surface area contributed by atoms with Gasteiger partial charge in [-0.25, -0.2) is 0 Å². The van der Waals surface area contributed by atoms with Crippen LogP contribution >= 0.6 is 0 Å². The van der Waals surface area contributed by atoms with Gasteiger partial charge in [0.05, 0.1) is 0 Å². The minimum absolute atomic E-state index is 0.205. The van der Waals surface area contributed by atoms with Gasteiger partial charge in [-0.05, 0) is 38.8 Å². The fourth-order valence-corrected chi connectivity index (χ4v) is 1.77. The molecule has 1 aromatic carbocycles. The number of rotatable bonds is 6. The molecule has 1 nitrogen and oxygen atoms in total. The maximum absolute atomic E-state index is 3.61. The first-order chi connectivity index (χ1) is 7.14. The first-order valence-electron chi connectivity index (χ1n) is 5.93. The molecule has 0 radical (unpaired) electrons. The third-order valence-corrected chi connectivity index (χ3v) is 2.62. The minimum Gasteiger partial charge on any atom is -0.311 e. The van der Waals surface area contributed by atoms with E-state index < -0.39 is 0 Å².